The van der Waals surface area contributed by atoms with Crippen molar-refractivity contribution in [2.24, 2.45) is 0 Å². The van der Waals surface area contributed by atoms with E-state index >= 15 is 0 Å². The van der Waals surface area contributed by atoms with Crippen molar-refractivity contribution < 1.29 is 13.2 Å². The van der Waals surface area contributed by atoms with Gasteiger partial charge in [0, 0.05) is 0 Å². The fraction of sp³-hybridized carbons (Fsp3) is 1.00. The molecule has 0 aromatic heterocycles. The van der Waals surface area contributed by atoms with Crippen LogP contribution in [0, 0.1) is 0 Å². The Morgan fingerprint density at radius 1 is 1.25 bits per heavy atom. The van der Waals surface area contributed by atoms with E-state index in [1.54, 1.807) is 0 Å². The standard InChI is InChI=1S/C7H13F3N2/c1-11-6(7(8,9)10)2-4-12-5-3-6/h11-12H,2-5H2,1H3. The van der Waals surface area contributed by atoms with E-state index in [1.807, 2.05) is 0 Å². The number of halogens is 3. The summed E-state index contributed by atoms with van der Waals surface area (Å²) in [4.78, 5) is 0. The van der Waals surface area contributed by atoms with Crippen molar-refractivity contribution in [3.63, 3.8) is 0 Å². The molecular formula is C7H13F3N2. The third-order valence-electron chi connectivity index (χ3n) is 2.48. The molecule has 1 fully saturated rings. The largest absolute Gasteiger partial charge is 0.406 e. The van der Waals surface area contributed by atoms with E-state index in [1.165, 1.54) is 7.05 Å². The van der Waals surface area contributed by atoms with Crippen molar-refractivity contribution >= 4 is 0 Å². The van der Waals surface area contributed by atoms with Gasteiger partial charge in [0.15, 0.2) is 0 Å². The number of nitrogens with one attached hydrogen (secondary N) is 2. The molecule has 0 atom stereocenters. The summed E-state index contributed by atoms with van der Waals surface area (Å²) in [5.74, 6) is 0. The van der Waals surface area contributed by atoms with Gasteiger partial charge in [-0.25, -0.2) is 0 Å². The van der Waals surface area contributed by atoms with E-state index in [2.05, 4.69) is 10.6 Å². The van der Waals surface area contributed by atoms with Gasteiger partial charge in [0.1, 0.15) is 5.54 Å². The molecule has 2 N–H and O–H groups in total. The van der Waals surface area contributed by atoms with Crippen LogP contribution in [0.5, 0.6) is 0 Å². The van der Waals surface area contributed by atoms with E-state index in [0.717, 1.165) is 0 Å². The second kappa shape index (κ2) is 3.22. The summed E-state index contributed by atoms with van der Waals surface area (Å²) < 4.78 is 37.5. The lowest BCUT2D eigenvalue weighted by Crippen LogP contribution is -2.60. The highest BCUT2D eigenvalue weighted by Gasteiger charge is 2.53. The third kappa shape index (κ3) is 1.56. The molecule has 12 heavy (non-hydrogen) atoms. The zero-order chi connectivity index (χ0) is 9.24. The lowest BCUT2D eigenvalue weighted by molar-refractivity contribution is -0.202. The van der Waals surface area contributed by atoms with Crippen LogP contribution in [0.4, 0.5) is 13.2 Å². The van der Waals surface area contributed by atoms with Gasteiger partial charge >= 0.3 is 6.18 Å². The molecule has 0 saturated carbocycles. The summed E-state index contributed by atoms with van der Waals surface area (Å²) in [6, 6.07) is 0. The highest BCUT2D eigenvalue weighted by molar-refractivity contribution is 4.97. The average molecular weight is 182 g/mol. The molecule has 0 amide bonds. The van der Waals surface area contributed by atoms with E-state index in [0.29, 0.717) is 13.1 Å². The zero-order valence-electron chi connectivity index (χ0n) is 6.96. The van der Waals surface area contributed by atoms with Gasteiger partial charge in [-0.2, -0.15) is 13.2 Å². The Balaban J connectivity index is 2.73. The molecule has 0 aromatic rings. The Kier molecular flexibility index (Phi) is 2.63. The summed E-state index contributed by atoms with van der Waals surface area (Å²) in [5, 5.41) is 5.30. The molecule has 0 aromatic carbocycles. The number of piperidine rings is 1. The number of hydrogen-bond acceptors (Lipinski definition) is 2. The Bertz CT molecular complexity index is 149. The summed E-state index contributed by atoms with van der Waals surface area (Å²) in [5.41, 5.74) is -1.65. The summed E-state index contributed by atoms with van der Waals surface area (Å²) >= 11 is 0. The molecule has 1 heterocycles. The molecule has 0 radical (unpaired) electrons. The molecule has 0 aliphatic carbocycles. The van der Waals surface area contributed by atoms with E-state index in [4.69, 9.17) is 0 Å². The molecule has 1 saturated heterocycles. The predicted molar refractivity (Wildman–Crippen MR) is 39.9 cm³/mol. The van der Waals surface area contributed by atoms with Crippen LogP contribution in [0.25, 0.3) is 0 Å². The van der Waals surface area contributed by atoms with Crippen molar-refractivity contribution in [1.29, 1.82) is 0 Å². The van der Waals surface area contributed by atoms with E-state index in [9.17, 15) is 13.2 Å². The summed E-state index contributed by atoms with van der Waals surface area (Å²) in [7, 11) is 1.37. The monoisotopic (exact) mass is 182 g/mol. The first-order chi connectivity index (χ1) is 5.52. The lowest BCUT2D eigenvalue weighted by Gasteiger charge is -2.38. The van der Waals surface area contributed by atoms with Gasteiger partial charge in [-0.15, -0.1) is 0 Å². The minimum Gasteiger partial charge on any atom is -0.317 e. The average Bonchev–Trinajstić information content (AvgIpc) is 2.04. The first-order valence-electron chi connectivity index (χ1n) is 3.98. The number of alkyl halides is 3. The highest BCUT2D eigenvalue weighted by atomic mass is 19.4. The molecule has 2 nitrogen and oxygen atoms in total. The van der Waals surface area contributed by atoms with Gasteiger partial charge in [0.25, 0.3) is 0 Å². The van der Waals surface area contributed by atoms with Crippen molar-refractivity contribution in [2.75, 3.05) is 20.1 Å². The Labute approximate surface area is 69.5 Å². The van der Waals surface area contributed by atoms with Crippen LogP contribution in [-0.2, 0) is 0 Å². The normalized spacial score (nSPS) is 24.0. The first kappa shape index (κ1) is 9.80. The lowest BCUT2D eigenvalue weighted by atomic mass is 9.88. The van der Waals surface area contributed by atoms with Crippen LogP contribution in [0.1, 0.15) is 12.8 Å². The molecule has 0 unspecified atom stereocenters. The van der Waals surface area contributed by atoms with Gasteiger partial charge in [-0.1, -0.05) is 0 Å². The van der Waals surface area contributed by atoms with Gasteiger partial charge < -0.3 is 10.6 Å². The van der Waals surface area contributed by atoms with Gasteiger partial charge in [0.05, 0.1) is 0 Å². The molecular weight excluding hydrogens is 169 g/mol. The van der Waals surface area contributed by atoms with Crippen LogP contribution in [-0.4, -0.2) is 31.9 Å². The van der Waals surface area contributed by atoms with Crippen molar-refractivity contribution in [3.05, 3.63) is 0 Å². The minimum atomic E-state index is -4.14. The topological polar surface area (TPSA) is 24.1 Å². The predicted octanol–water partition coefficient (Wildman–Crippen LogP) is 0.890. The molecule has 5 heteroatoms. The Morgan fingerprint density at radius 2 is 1.75 bits per heavy atom. The smallest absolute Gasteiger partial charge is 0.317 e. The number of rotatable bonds is 1. The maximum Gasteiger partial charge on any atom is 0.406 e. The van der Waals surface area contributed by atoms with Gasteiger partial charge in [0.2, 0.25) is 0 Å². The van der Waals surface area contributed by atoms with Crippen LogP contribution in [0.3, 0.4) is 0 Å². The first-order valence-corrected chi connectivity index (χ1v) is 3.98. The van der Waals surface area contributed by atoms with Crippen molar-refractivity contribution in [2.45, 2.75) is 24.6 Å². The third-order valence-corrected chi connectivity index (χ3v) is 2.48. The Hall–Kier alpha value is -0.290. The maximum absolute atomic E-state index is 12.5. The van der Waals surface area contributed by atoms with Gasteiger partial charge in [-0.05, 0) is 33.0 Å². The second-order valence-corrected chi connectivity index (χ2v) is 3.08. The van der Waals surface area contributed by atoms with Crippen molar-refractivity contribution in [1.82, 2.24) is 10.6 Å². The fourth-order valence-electron chi connectivity index (χ4n) is 1.53. The summed E-state index contributed by atoms with van der Waals surface area (Å²) in [6.07, 6.45) is -3.90. The van der Waals surface area contributed by atoms with Gasteiger partial charge in [-0.3, -0.25) is 0 Å². The van der Waals surface area contributed by atoms with E-state index in [-0.39, 0.29) is 12.8 Å². The highest BCUT2D eigenvalue weighted by Crippen LogP contribution is 2.36. The Morgan fingerprint density at radius 3 is 2.00 bits per heavy atom. The van der Waals surface area contributed by atoms with Crippen LogP contribution in [0.2, 0.25) is 0 Å². The minimum absolute atomic E-state index is 0.118. The quantitative estimate of drug-likeness (QED) is 0.629. The molecule has 0 spiro atoms. The van der Waals surface area contributed by atoms with Crippen LogP contribution >= 0.6 is 0 Å². The molecule has 1 aliphatic rings. The zero-order valence-corrected chi connectivity index (χ0v) is 6.96. The fourth-order valence-corrected chi connectivity index (χ4v) is 1.53. The SMILES string of the molecule is CNC1(C(F)(F)F)CCNCC1. The molecule has 1 rings (SSSR count). The molecule has 72 valence electrons. The van der Waals surface area contributed by atoms with Crippen LogP contribution in [0.15, 0.2) is 0 Å². The molecule has 0 bridgehead atoms. The number of hydrogen-bond donors (Lipinski definition) is 2. The van der Waals surface area contributed by atoms with Crippen molar-refractivity contribution in [3.8, 4) is 0 Å². The second-order valence-electron chi connectivity index (χ2n) is 3.08. The summed E-state index contributed by atoms with van der Waals surface area (Å²) in [6.45, 7) is 0.862. The van der Waals surface area contributed by atoms with E-state index < -0.39 is 11.7 Å². The molecule has 1 aliphatic heterocycles. The maximum atomic E-state index is 12.5. The van der Waals surface area contributed by atoms with Crippen LogP contribution < -0.4 is 10.6 Å².